The summed E-state index contributed by atoms with van der Waals surface area (Å²) in [7, 11) is 0. The quantitative estimate of drug-likeness (QED) is 0.787. The molecule has 2 rings (SSSR count). The van der Waals surface area contributed by atoms with Gasteiger partial charge in [0.05, 0.1) is 12.6 Å². The molecule has 2 aliphatic rings. The highest BCUT2D eigenvalue weighted by Crippen LogP contribution is 2.23. The molecular formula is C12H22N2O3. The third-order valence-electron chi connectivity index (χ3n) is 3.78. The molecule has 0 spiro atoms. The molecule has 98 valence electrons. The van der Waals surface area contributed by atoms with Gasteiger partial charge in [-0.05, 0) is 33.2 Å². The van der Waals surface area contributed by atoms with Crippen molar-refractivity contribution in [1.29, 1.82) is 0 Å². The zero-order chi connectivity index (χ0) is 12.4. The van der Waals surface area contributed by atoms with E-state index in [-0.39, 0.29) is 18.7 Å². The highest BCUT2D eigenvalue weighted by atomic mass is 16.6. The molecule has 2 saturated heterocycles. The van der Waals surface area contributed by atoms with Gasteiger partial charge in [0, 0.05) is 18.6 Å². The highest BCUT2D eigenvalue weighted by molar-refractivity contribution is 5.70. The summed E-state index contributed by atoms with van der Waals surface area (Å²) in [4.78, 5) is 15.7. The lowest BCUT2D eigenvalue weighted by Crippen LogP contribution is -2.47. The van der Waals surface area contributed by atoms with Crippen LogP contribution in [-0.2, 0) is 4.74 Å². The predicted octanol–water partition coefficient (Wildman–Crippen LogP) is 0.672. The monoisotopic (exact) mass is 242 g/mol. The summed E-state index contributed by atoms with van der Waals surface area (Å²) in [5, 5.41) is 9.22. The molecule has 0 saturated carbocycles. The largest absolute Gasteiger partial charge is 0.447 e. The van der Waals surface area contributed by atoms with E-state index in [4.69, 9.17) is 4.74 Å². The fourth-order valence-electron chi connectivity index (χ4n) is 2.83. The van der Waals surface area contributed by atoms with E-state index >= 15 is 0 Å². The van der Waals surface area contributed by atoms with Crippen LogP contribution in [0.3, 0.4) is 0 Å². The number of hydrogen-bond donors (Lipinski definition) is 1. The number of carbonyl (C=O) groups excluding carboxylic acids is 1. The summed E-state index contributed by atoms with van der Waals surface area (Å²) in [6.45, 7) is 6.47. The number of cyclic esters (lactones) is 1. The van der Waals surface area contributed by atoms with E-state index < -0.39 is 0 Å². The van der Waals surface area contributed by atoms with Crippen molar-refractivity contribution in [2.45, 2.75) is 44.8 Å². The minimum absolute atomic E-state index is 0.0138. The first-order valence-corrected chi connectivity index (χ1v) is 6.43. The molecule has 0 radical (unpaired) electrons. The molecule has 0 aromatic heterocycles. The number of ether oxygens (including phenoxy) is 1. The number of aliphatic hydroxyl groups is 1. The Balaban J connectivity index is 1.97. The number of aliphatic hydroxyl groups excluding tert-OH is 1. The van der Waals surface area contributed by atoms with E-state index in [9.17, 15) is 9.90 Å². The Hall–Kier alpha value is -0.810. The maximum Gasteiger partial charge on any atom is 0.410 e. The minimum atomic E-state index is -0.278. The Morgan fingerprint density at radius 1 is 1.47 bits per heavy atom. The van der Waals surface area contributed by atoms with Crippen molar-refractivity contribution in [1.82, 2.24) is 9.80 Å². The fraction of sp³-hybridized carbons (Fsp3) is 0.917. The van der Waals surface area contributed by atoms with Gasteiger partial charge in [0.2, 0.25) is 0 Å². The van der Waals surface area contributed by atoms with E-state index in [1.54, 1.807) is 4.90 Å². The van der Waals surface area contributed by atoms with E-state index in [0.29, 0.717) is 25.2 Å². The lowest BCUT2D eigenvalue weighted by molar-refractivity contribution is 0.120. The zero-order valence-electron chi connectivity index (χ0n) is 10.6. The van der Waals surface area contributed by atoms with Gasteiger partial charge in [0.25, 0.3) is 0 Å². The van der Waals surface area contributed by atoms with E-state index in [1.165, 1.54) is 6.42 Å². The van der Waals surface area contributed by atoms with Crippen LogP contribution in [0.25, 0.3) is 0 Å². The van der Waals surface area contributed by atoms with Crippen molar-refractivity contribution >= 4 is 6.09 Å². The lowest BCUT2D eigenvalue weighted by atomic mass is 10.1. The Bertz CT molecular complexity index is 283. The molecule has 17 heavy (non-hydrogen) atoms. The molecule has 2 fully saturated rings. The van der Waals surface area contributed by atoms with Gasteiger partial charge < -0.3 is 9.84 Å². The smallest absolute Gasteiger partial charge is 0.410 e. The van der Waals surface area contributed by atoms with Crippen LogP contribution >= 0.6 is 0 Å². The summed E-state index contributed by atoms with van der Waals surface area (Å²) in [5.41, 5.74) is 0. The van der Waals surface area contributed by atoms with Crippen LogP contribution in [0.2, 0.25) is 0 Å². The number of nitrogens with zero attached hydrogens (tertiary/aromatic N) is 2. The number of likely N-dealkylation sites (tertiary alicyclic amines) is 1. The second-order valence-electron chi connectivity index (χ2n) is 5.19. The Labute approximate surface area is 102 Å². The first kappa shape index (κ1) is 12.6. The molecule has 2 heterocycles. The lowest BCUT2D eigenvalue weighted by Gasteiger charge is -2.32. The maximum absolute atomic E-state index is 11.6. The Kier molecular flexibility index (Phi) is 3.89. The Morgan fingerprint density at radius 2 is 2.24 bits per heavy atom. The van der Waals surface area contributed by atoms with Crippen LogP contribution in [0, 0.1) is 0 Å². The predicted molar refractivity (Wildman–Crippen MR) is 63.8 cm³/mol. The number of hydrogen-bond acceptors (Lipinski definition) is 4. The number of rotatable bonds is 4. The van der Waals surface area contributed by atoms with Crippen LogP contribution in [-0.4, -0.2) is 65.4 Å². The molecule has 0 aliphatic carbocycles. The van der Waals surface area contributed by atoms with Gasteiger partial charge in [-0.1, -0.05) is 0 Å². The second kappa shape index (κ2) is 5.23. The fourth-order valence-corrected chi connectivity index (χ4v) is 2.83. The molecule has 1 amide bonds. The van der Waals surface area contributed by atoms with Gasteiger partial charge in [-0.15, -0.1) is 0 Å². The SMILES string of the molecule is CC(C)N1CCCC1CN1C(=O)OCC1CO. The molecule has 2 atom stereocenters. The van der Waals surface area contributed by atoms with Crippen molar-refractivity contribution < 1.29 is 14.6 Å². The maximum atomic E-state index is 11.6. The van der Waals surface area contributed by atoms with Gasteiger partial charge in [0.1, 0.15) is 6.61 Å². The van der Waals surface area contributed by atoms with Gasteiger partial charge in [-0.25, -0.2) is 4.79 Å². The molecule has 1 N–H and O–H groups in total. The average Bonchev–Trinajstić information content (AvgIpc) is 2.88. The van der Waals surface area contributed by atoms with Crippen LogP contribution in [0.1, 0.15) is 26.7 Å². The standard InChI is InChI=1S/C12H22N2O3/c1-9(2)13-5-3-4-10(13)6-14-11(7-15)8-17-12(14)16/h9-11,15H,3-8H2,1-2H3. The molecule has 5 nitrogen and oxygen atoms in total. The summed E-state index contributed by atoms with van der Waals surface area (Å²) < 4.78 is 4.98. The average molecular weight is 242 g/mol. The first-order chi connectivity index (χ1) is 8.13. The number of amides is 1. The third-order valence-corrected chi connectivity index (χ3v) is 3.78. The van der Waals surface area contributed by atoms with E-state index in [0.717, 1.165) is 13.0 Å². The van der Waals surface area contributed by atoms with Gasteiger partial charge in [-0.3, -0.25) is 9.80 Å². The van der Waals surface area contributed by atoms with Crippen LogP contribution in [0.4, 0.5) is 4.79 Å². The van der Waals surface area contributed by atoms with Crippen molar-refractivity contribution in [2.24, 2.45) is 0 Å². The highest BCUT2D eigenvalue weighted by Gasteiger charge is 2.37. The van der Waals surface area contributed by atoms with Crippen molar-refractivity contribution in [2.75, 3.05) is 26.3 Å². The topological polar surface area (TPSA) is 53.0 Å². The summed E-state index contributed by atoms with van der Waals surface area (Å²) >= 11 is 0. The molecule has 0 bridgehead atoms. The van der Waals surface area contributed by atoms with E-state index in [2.05, 4.69) is 18.7 Å². The van der Waals surface area contributed by atoms with Crippen molar-refractivity contribution in [3.63, 3.8) is 0 Å². The van der Waals surface area contributed by atoms with E-state index in [1.807, 2.05) is 0 Å². The molecule has 5 heteroatoms. The summed E-state index contributed by atoms with van der Waals surface area (Å²) in [5.74, 6) is 0. The third kappa shape index (κ3) is 2.55. The van der Waals surface area contributed by atoms with Crippen LogP contribution in [0.5, 0.6) is 0 Å². The molecular weight excluding hydrogens is 220 g/mol. The van der Waals surface area contributed by atoms with Gasteiger partial charge in [0.15, 0.2) is 0 Å². The molecule has 2 aliphatic heterocycles. The van der Waals surface area contributed by atoms with Crippen molar-refractivity contribution in [3.05, 3.63) is 0 Å². The van der Waals surface area contributed by atoms with Crippen LogP contribution in [0.15, 0.2) is 0 Å². The minimum Gasteiger partial charge on any atom is -0.447 e. The van der Waals surface area contributed by atoms with Crippen molar-refractivity contribution in [3.8, 4) is 0 Å². The molecule has 2 unspecified atom stereocenters. The number of carbonyl (C=O) groups is 1. The first-order valence-electron chi connectivity index (χ1n) is 6.43. The van der Waals surface area contributed by atoms with Gasteiger partial charge in [-0.2, -0.15) is 0 Å². The summed E-state index contributed by atoms with van der Waals surface area (Å²) in [6.07, 6.45) is 2.04. The molecule has 0 aromatic carbocycles. The summed E-state index contributed by atoms with van der Waals surface area (Å²) in [6, 6.07) is 0.764. The van der Waals surface area contributed by atoms with Gasteiger partial charge >= 0.3 is 6.09 Å². The van der Waals surface area contributed by atoms with Crippen LogP contribution < -0.4 is 0 Å². The normalized spacial score (nSPS) is 30.4. The Morgan fingerprint density at radius 3 is 2.88 bits per heavy atom. The molecule has 0 aromatic rings. The second-order valence-corrected chi connectivity index (χ2v) is 5.19. The zero-order valence-corrected chi connectivity index (χ0v) is 10.6.